The highest BCUT2D eigenvalue weighted by atomic mass is 32.2. The van der Waals surface area contributed by atoms with Crippen LogP contribution in [0.15, 0.2) is 29.2 Å². The van der Waals surface area contributed by atoms with E-state index in [0.717, 1.165) is 10.6 Å². The number of rotatable bonds is 4. The van der Waals surface area contributed by atoms with Gasteiger partial charge in [-0.25, -0.2) is 4.79 Å². The molecule has 0 aliphatic carbocycles. The minimum atomic E-state index is -0.505. The highest BCUT2D eigenvalue weighted by Gasteiger charge is 2.06. The molecule has 0 unspecified atom stereocenters. The van der Waals surface area contributed by atoms with Crippen molar-refractivity contribution in [1.29, 1.82) is 0 Å². The third-order valence-corrected chi connectivity index (χ3v) is 2.82. The van der Waals surface area contributed by atoms with Gasteiger partial charge in [0.05, 0.1) is 6.54 Å². The average molecular weight is 253 g/mol. The Hall–Kier alpha value is -1.69. The maximum Gasteiger partial charge on any atom is 0.321 e. The van der Waals surface area contributed by atoms with E-state index in [1.807, 2.05) is 30.5 Å². The van der Waals surface area contributed by atoms with Crippen molar-refractivity contribution in [2.24, 2.45) is 0 Å². The second-order valence-corrected chi connectivity index (χ2v) is 4.03. The minimum Gasteiger partial charge on any atom is -0.375 e. The lowest BCUT2D eigenvalue weighted by Crippen LogP contribution is -2.40. The molecule has 0 saturated carbocycles. The molecular weight excluding hydrogens is 238 g/mol. The number of para-hydroxylation sites is 1. The van der Waals surface area contributed by atoms with Gasteiger partial charge in [-0.1, -0.05) is 12.1 Å². The predicted molar refractivity (Wildman–Crippen MR) is 69.3 cm³/mol. The first-order chi connectivity index (χ1) is 8.17. The lowest BCUT2D eigenvalue weighted by molar-refractivity contribution is -0.118. The zero-order chi connectivity index (χ0) is 12.7. The highest BCUT2D eigenvalue weighted by Crippen LogP contribution is 2.24. The van der Waals surface area contributed by atoms with E-state index < -0.39 is 6.03 Å². The van der Waals surface area contributed by atoms with Gasteiger partial charge in [-0.05, 0) is 18.4 Å². The smallest absolute Gasteiger partial charge is 0.321 e. The summed E-state index contributed by atoms with van der Waals surface area (Å²) in [4.78, 5) is 23.3. The molecule has 1 aromatic carbocycles. The Morgan fingerprint density at radius 2 is 2.00 bits per heavy atom. The lowest BCUT2D eigenvalue weighted by atomic mass is 10.3. The molecule has 1 aromatic rings. The highest BCUT2D eigenvalue weighted by molar-refractivity contribution is 7.98. The molecule has 0 aliphatic rings. The molecule has 3 amide bonds. The van der Waals surface area contributed by atoms with Crippen molar-refractivity contribution in [3.63, 3.8) is 0 Å². The van der Waals surface area contributed by atoms with Gasteiger partial charge < -0.3 is 10.6 Å². The largest absolute Gasteiger partial charge is 0.375 e. The van der Waals surface area contributed by atoms with Gasteiger partial charge >= 0.3 is 6.03 Å². The van der Waals surface area contributed by atoms with Crippen molar-refractivity contribution >= 4 is 29.4 Å². The molecule has 0 saturated heterocycles. The van der Waals surface area contributed by atoms with E-state index >= 15 is 0 Å². The molecule has 0 radical (unpaired) electrons. The molecule has 6 heteroatoms. The van der Waals surface area contributed by atoms with Crippen molar-refractivity contribution in [3.8, 4) is 0 Å². The summed E-state index contributed by atoms with van der Waals surface area (Å²) in [5, 5.41) is 7.47. The van der Waals surface area contributed by atoms with Crippen LogP contribution in [0, 0.1) is 0 Å². The van der Waals surface area contributed by atoms with Gasteiger partial charge in [0, 0.05) is 17.6 Å². The van der Waals surface area contributed by atoms with E-state index in [-0.39, 0.29) is 12.5 Å². The second kappa shape index (κ2) is 6.80. The van der Waals surface area contributed by atoms with Crippen LogP contribution in [0.4, 0.5) is 10.5 Å². The SMILES string of the molecule is CNC(=O)NC(=O)CNc1ccccc1SC. The molecule has 1 rings (SSSR count). The van der Waals surface area contributed by atoms with Gasteiger partial charge in [-0.2, -0.15) is 0 Å². The van der Waals surface area contributed by atoms with Crippen LogP contribution in [0.5, 0.6) is 0 Å². The summed E-state index contributed by atoms with van der Waals surface area (Å²) in [6.07, 6.45) is 1.96. The topological polar surface area (TPSA) is 70.2 Å². The number of carbonyl (C=O) groups is 2. The van der Waals surface area contributed by atoms with E-state index in [1.54, 1.807) is 11.8 Å². The van der Waals surface area contributed by atoms with Crippen LogP contribution in [0.2, 0.25) is 0 Å². The number of imide groups is 1. The van der Waals surface area contributed by atoms with Crippen LogP contribution in [-0.4, -0.2) is 31.8 Å². The number of anilines is 1. The van der Waals surface area contributed by atoms with Crippen molar-refractivity contribution < 1.29 is 9.59 Å². The number of amides is 3. The van der Waals surface area contributed by atoms with Crippen LogP contribution in [0.25, 0.3) is 0 Å². The first-order valence-corrected chi connectivity index (χ1v) is 6.28. The number of thioether (sulfide) groups is 1. The molecule has 0 aromatic heterocycles. The van der Waals surface area contributed by atoms with Crippen LogP contribution in [-0.2, 0) is 4.79 Å². The fraction of sp³-hybridized carbons (Fsp3) is 0.273. The summed E-state index contributed by atoms with van der Waals surface area (Å²) in [6, 6.07) is 7.16. The van der Waals surface area contributed by atoms with Crippen LogP contribution < -0.4 is 16.0 Å². The van der Waals surface area contributed by atoms with Crippen molar-refractivity contribution in [2.75, 3.05) is 25.2 Å². The van der Waals surface area contributed by atoms with Gasteiger partial charge in [-0.15, -0.1) is 11.8 Å². The molecule has 0 heterocycles. The average Bonchev–Trinajstić information content (AvgIpc) is 2.36. The molecule has 92 valence electrons. The van der Waals surface area contributed by atoms with Gasteiger partial charge in [0.1, 0.15) is 0 Å². The van der Waals surface area contributed by atoms with E-state index in [4.69, 9.17) is 0 Å². The van der Waals surface area contributed by atoms with Gasteiger partial charge in [-0.3, -0.25) is 10.1 Å². The molecule has 3 N–H and O–H groups in total. The van der Waals surface area contributed by atoms with E-state index in [1.165, 1.54) is 7.05 Å². The normalized spacial score (nSPS) is 9.53. The second-order valence-electron chi connectivity index (χ2n) is 3.18. The van der Waals surface area contributed by atoms with Crippen molar-refractivity contribution in [1.82, 2.24) is 10.6 Å². The Balaban J connectivity index is 2.50. The monoisotopic (exact) mass is 253 g/mol. The van der Waals surface area contributed by atoms with Crippen LogP contribution in [0.3, 0.4) is 0 Å². The first-order valence-electron chi connectivity index (χ1n) is 5.06. The summed E-state index contributed by atoms with van der Waals surface area (Å²) in [7, 11) is 1.46. The predicted octanol–water partition coefficient (Wildman–Crippen LogP) is 1.28. The number of hydrogen-bond donors (Lipinski definition) is 3. The maximum absolute atomic E-state index is 11.3. The Kier molecular flexibility index (Phi) is 5.35. The zero-order valence-corrected chi connectivity index (χ0v) is 10.6. The Morgan fingerprint density at radius 1 is 1.29 bits per heavy atom. The molecule has 0 fully saturated rings. The molecule has 0 aliphatic heterocycles. The quantitative estimate of drug-likeness (QED) is 0.707. The third-order valence-electron chi connectivity index (χ3n) is 2.03. The number of hydrogen-bond acceptors (Lipinski definition) is 4. The number of nitrogens with one attached hydrogen (secondary N) is 3. The van der Waals surface area contributed by atoms with Gasteiger partial charge in [0.25, 0.3) is 0 Å². The third kappa shape index (κ3) is 4.36. The van der Waals surface area contributed by atoms with Crippen LogP contribution >= 0.6 is 11.8 Å². The zero-order valence-electron chi connectivity index (χ0n) is 9.74. The summed E-state index contributed by atoms with van der Waals surface area (Å²) < 4.78 is 0. The van der Waals surface area contributed by atoms with E-state index in [0.29, 0.717) is 0 Å². The van der Waals surface area contributed by atoms with Crippen molar-refractivity contribution in [3.05, 3.63) is 24.3 Å². The molecule has 0 bridgehead atoms. The Bertz CT molecular complexity index is 409. The summed E-state index contributed by atoms with van der Waals surface area (Å²) in [6.45, 7) is 0.0605. The molecule has 17 heavy (non-hydrogen) atoms. The molecule has 5 nitrogen and oxygen atoms in total. The fourth-order valence-electron chi connectivity index (χ4n) is 1.20. The standard InChI is InChI=1S/C11H15N3O2S/c1-12-11(16)14-10(15)7-13-8-5-3-4-6-9(8)17-2/h3-6,13H,7H2,1-2H3,(H2,12,14,15,16). The van der Waals surface area contributed by atoms with Gasteiger partial charge in [0.2, 0.25) is 5.91 Å². The Labute approximate surface area is 104 Å². The molecule has 0 spiro atoms. The molecular formula is C11H15N3O2S. The molecule has 0 atom stereocenters. The Morgan fingerprint density at radius 3 is 2.65 bits per heavy atom. The minimum absolute atomic E-state index is 0.0605. The number of benzene rings is 1. The fourth-order valence-corrected chi connectivity index (χ4v) is 1.77. The van der Waals surface area contributed by atoms with Crippen molar-refractivity contribution in [2.45, 2.75) is 4.90 Å². The number of urea groups is 1. The van der Waals surface area contributed by atoms with Crippen LogP contribution in [0.1, 0.15) is 0 Å². The summed E-state index contributed by atoms with van der Waals surface area (Å²) in [5.74, 6) is -0.375. The van der Waals surface area contributed by atoms with E-state index in [9.17, 15) is 9.59 Å². The summed E-state index contributed by atoms with van der Waals surface area (Å²) in [5.41, 5.74) is 0.882. The summed E-state index contributed by atoms with van der Waals surface area (Å²) >= 11 is 1.59. The number of carbonyl (C=O) groups excluding carboxylic acids is 2. The van der Waals surface area contributed by atoms with Gasteiger partial charge in [0.15, 0.2) is 0 Å². The van der Waals surface area contributed by atoms with E-state index in [2.05, 4.69) is 16.0 Å². The maximum atomic E-state index is 11.3. The first kappa shape index (κ1) is 13.4. The lowest BCUT2D eigenvalue weighted by Gasteiger charge is -2.09.